The van der Waals surface area contributed by atoms with E-state index in [-0.39, 0.29) is 11.8 Å². The number of nitriles is 1. The molecule has 0 radical (unpaired) electrons. The van der Waals surface area contributed by atoms with Crippen LogP contribution in [-0.4, -0.2) is 10.7 Å². The van der Waals surface area contributed by atoms with Crippen molar-refractivity contribution in [3.8, 4) is 6.07 Å². The van der Waals surface area contributed by atoms with Crippen molar-refractivity contribution in [2.24, 2.45) is 0 Å². The smallest absolute Gasteiger partial charge is 0.181 e. The monoisotopic (exact) mass is 391 g/mol. The van der Waals surface area contributed by atoms with Gasteiger partial charge < -0.3 is 15.5 Å². The zero-order valence-corrected chi connectivity index (χ0v) is 15.8. The number of nitrogens with one attached hydrogen (secondary N) is 2. The highest BCUT2D eigenvalue weighted by atomic mass is 35.5. The number of hydrogen-bond donors (Lipinski definition) is 3. The van der Waals surface area contributed by atoms with Gasteiger partial charge in [0.05, 0.1) is 22.8 Å². The minimum absolute atomic E-state index is 0.0740. The van der Waals surface area contributed by atoms with Gasteiger partial charge in [-0.2, -0.15) is 5.26 Å². The van der Waals surface area contributed by atoms with Crippen molar-refractivity contribution in [1.82, 2.24) is 4.98 Å². The lowest BCUT2D eigenvalue weighted by atomic mass is 9.86. The van der Waals surface area contributed by atoms with Crippen LogP contribution < -0.4 is 11.1 Å². The predicted octanol–water partition coefficient (Wildman–Crippen LogP) is 4.69. The van der Waals surface area contributed by atoms with E-state index in [4.69, 9.17) is 27.2 Å². The highest BCUT2D eigenvalue weighted by Crippen LogP contribution is 2.38. The summed E-state index contributed by atoms with van der Waals surface area (Å²) >= 11 is 6.43. The van der Waals surface area contributed by atoms with Gasteiger partial charge in [-0.3, -0.25) is 5.41 Å². The molecule has 0 saturated heterocycles. The number of halogens is 1. The zero-order chi connectivity index (χ0) is 19.7. The molecule has 0 fully saturated rings. The Bertz CT molecular complexity index is 1080. The molecule has 28 heavy (non-hydrogen) atoms. The summed E-state index contributed by atoms with van der Waals surface area (Å²) in [6.07, 6.45) is 5.59. The number of hydrogen-bond acceptors (Lipinski definition) is 6. The molecule has 0 spiro atoms. The molecule has 0 bridgehead atoms. The van der Waals surface area contributed by atoms with Crippen LogP contribution in [0.5, 0.6) is 0 Å². The molecule has 140 valence electrons. The molecule has 1 aliphatic rings. The molecule has 0 saturated carbocycles. The molecule has 1 atom stereocenters. The predicted molar refractivity (Wildman–Crippen MR) is 109 cm³/mol. The molecular weight excluding hydrogens is 374 g/mol. The SMILES string of the molecule is N#Cc1ccc2c(c1Cl)CCC[C@H]2Nc1ccc(N)c(C(=N)c2cnco2)c1. The number of nitrogens with zero attached hydrogens (tertiary/aromatic N) is 2. The van der Waals surface area contributed by atoms with Crippen LogP contribution in [0.2, 0.25) is 5.02 Å². The van der Waals surface area contributed by atoms with Crippen LogP contribution in [0.3, 0.4) is 0 Å². The van der Waals surface area contributed by atoms with Crippen LogP contribution in [0.15, 0.2) is 47.3 Å². The van der Waals surface area contributed by atoms with Crippen LogP contribution >= 0.6 is 11.6 Å². The number of benzene rings is 2. The van der Waals surface area contributed by atoms with Crippen molar-refractivity contribution in [3.05, 3.63) is 76.0 Å². The van der Waals surface area contributed by atoms with Gasteiger partial charge >= 0.3 is 0 Å². The van der Waals surface area contributed by atoms with Crippen LogP contribution in [0.4, 0.5) is 11.4 Å². The van der Waals surface area contributed by atoms with Crippen LogP contribution in [0, 0.1) is 16.7 Å². The Morgan fingerprint density at radius 3 is 2.96 bits per heavy atom. The molecule has 0 aliphatic heterocycles. The van der Waals surface area contributed by atoms with Gasteiger partial charge in [-0.25, -0.2) is 4.98 Å². The van der Waals surface area contributed by atoms with E-state index >= 15 is 0 Å². The minimum atomic E-state index is 0.0740. The van der Waals surface area contributed by atoms with Crippen LogP contribution in [-0.2, 0) is 6.42 Å². The maximum atomic E-state index is 9.21. The third kappa shape index (κ3) is 3.21. The maximum absolute atomic E-state index is 9.21. The largest absolute Gasteiger partial charge is 0.442 e. The highest BCUT2D eigenvalue weighted by molar-refractivity contribution is 6.32. The van der Waals surface area contributed by atoms with E-state index in [0.29, 0.717) is 27.6 Å². The molecular formula is C21H18ClN5O. The van der Waals surface area contributed by atoms with Gasteiger partial charge in [-0.05, 0) is 54.7 Å². The topological polar surface area (TPSA) is 112 Å². The second kappa shape index (κ2) is 7.37. The number of nitrogens with two attached hydrogens (primary N) is 1. The lowest BCUT2D eigenvalue weighted by Crippen LogP contribution is -2.18. The van der Waals surface area contributed by atoms with E-state index in [1.165, 1.54) is 12.6 Å². The van der Waals surface area contributed by atoms with Crippen LogP contribution in [0.25, 0.3) is 0 Å². The molecule has 4 N–H and O–H groups in total. The average molecular weight is 392 g/mol. The van der Waals surface area contributed by atoms with Gasteiger partial charge in [-0.15, -0.1) is 0 Å². The van der Waals surface area contributed by atoms with Gasteiger partial charge in [0.2, 0.25) is 0 Å². The summed E-state index contributed by atoms with van der Waals surface area (Å²) in [6, 6.07) is 11.5. The van der Waals surface area contributed by atoms with E-state index in [1.54, 1.807) is 12.1 Å². The Morgan fingerprint density at radius 2 is 2.21 bits per heavy atom. The summed E-state index contributed by atoms with van der Waals surface area (Å²) in [4.78, 5) is 3.86. The Morgan fingerprint density at radius 1 is 1.36 bits per heavy atom. The van der Waals surface area contributed by atoms with Crippen molar-refractivity contribution in [1.29, 1.82) is 10.7 Å². The fourth-order valence-electron chi connectivity index (χ4n) is 3.63. The molecule has 0 amide bonds. The van der Waals surface area contributed by atoms with Crippen molar-refractivity contribution in [2.45, 2.75) is 25.3 Å². The maximum Gasteiger partial charge on any atom is 0.181 e. The molecule has 7 heteroatoms. The molecule has 2 aromatic carbocycles. The molecule has 3 aromatic rings. The first-order valence-electron chi connectivity index (χ1n) is 8.93. The number of nitrogen functional groups attached to an aromatic ring is 1. The summed E-state index contributed by atoms with van der Waals surface area (Å²) in [5.41, 5.74) is 10.9. The van der Waals surface area contributed by atoms with Gasteiger partial charge in [0.1, 0.15) is 11.8 Å². The lowest BCUT2D eigenvalue weighted by molar-refractivity contribution is 0.548. The Labute approximate surface area is 167 Å². The van der Waals surface area contributed by atoms with Crippen LogP contribution in [0.1, 0.15) is 46.9 Å². The molecule has 1 heterocycles. The Kier molecular flexibility index (Phi) is 4.76. The Balaban J connectivity index is 1.65. The van der Waals surface area contributed by atoms with Crippen molar-refractivity contribution < 1.29 is 4.42 Å². The van der Waals surface area contributed by atoms with E-state index < -0.39 is 0 Å². The van der Waals surface area contributed by atoms with E-state index in [1.807, 2.05) is 18.2 Å². The fourth-order valence-corrected chi connectivity index (χ4v) is 3.94. The van der Waals surface area contributed by atoms with Crippen molar-refractivity contribution in [2.75, 3.05) is 11.1 Å². The summed E-state index contributed by atoms with van der Waals surface area (Å²) in [6.45, 7) is 0. The summed E-state index contributed by atoms with van der Waals surface area (Å²) in [5, 5.41) is 21.6. The number of fused-ring (bicyclic) bond motifs is 1. The average Bonchev–Trinajstić information content (AvgIpc) is 3.24. The standard InChI is InChI=1S/C21H18ClN5O/c22-20-12(9-23)4-6-14-15(20)2-1-3-18(14)27-13-5-7-17(24)16(8-13)21(25)19-10-26-11-28-19/h4-8,10-11,18,25,27H,1-3,24H2/t18-/m1/s1. The fraction of sp³-hybridized carbons (Fsp3) is 0.190. The molecule has 0 unspecified atom stereocenters. The van der Waals surface area contributed by atoms with Gasteiger partial charge in [0.25, 0.3) is 0 Å². The summed E-state index contributed by atoms with van der Waals surface area (Å²) < 4.78 is 5.22. The van der Waals surface area contributed by atoms with E-state index in [9.17, 15) is 5.26 Å². The third-order valence-electron chi connectivity index (χ3n) is 5.04. The second-order valence-electron chi connectivity index (χ2n) is 6.74. The first-order valence-corrected chi connectivity index (χ1v) is 9.31. The summed E-state index contributed by atoms with van der Waals surface area (Å²) in [7, 11) is 0. The second-order valence-corrected chi connectivity index (χ2v) is 7.12. The van der Waals surface area contributed by atoms with Crippen molar-refractivity contribution >= 4 is 28.7 Å². The molecule has 1 aromatic heterocycles. The van der Waals surface area contributed by atoms with Gasteiger partial charge in [0.15, 0.2) is 12.2 Å². The third-order valence-corrected chi connectivity index (χ3v) is 5.47. The zero-order valence-electron chi connectivity index (χ0n) is 15.0. The normalized spacial score (nSPS) is 15.5. The Hall–Kier alpha value is -3.30. The number of rotatable bonds is 4. The number of aromatic nitrogens is 1. The minimum Gasteiger partial charge on any atom is -0.442 e. The van der Waals surface area contributed by atoms with E-state index in [0.717, 1.165) is 36.1 Å². The molecule has 4 rings (SSSR count). The van der Waals surface area contributed by atoms with Crippen molar-refractivity contribution in [3.63, 3.8) is 0 Å². The number of anilines is 2. The van der Waals surface area contributed by atoms with E-state index in [2.05, 4.69) is 16.4 Å². The highest BCUT2D eigenvalue weighted by Gasteiger charge is 2.24. The summed E-state index contributed by atoms with van der Waals surface area (Å²) in [5.74, 6) is 0.364. The number of oxazole rings is 1. The van der Waals surface area contributed by atoms with Gasteiger partial charge in [0, 0.05) is 16.9 Å². The molecule has 6 nitrogen and oxygen atoms in total. The quantitative estimate of drug-likeness (QED) is 0.441. The van der Waals surface area contributed by atoms with Gasteiger partial charge in [-0.1, -0.05) is 17.7 Å². The first kappa shape index (κ1) is 18.1. The molecule has 1 aliphatic carbocycles. The lowest BCUT2D eigenvalue weighted by Gasteiger charge is -2.28. The first-order chi connectivity index (χ1) is 13.6.